The molecule has 0 aliphatic heterocycles. The van der Waals surface area contributed by atoms with Gasteiger partial charge in [-0.25, -0.2) is 4.39 Å². The minimum Gasteiger partial charge on any atom is -0.497 e. The normalized spacial score (nSPS) is 10.1. The molecule has 1 aromatic carbocycles. The minimum absolute atomic E-state index is 0.155. The summed E-state index contributed by atoms with van der Waals surface area (Å²) in [5, 5.41) is 5.57. The van der Waals surface area contributed by atoms with Gasteiger partial charge in [0.15, 0.2) is 0 Å². The van der Waals surface area contributed by atoms with E-state index in [-0.39, 0.29) is 17.6 Å². The molecule has 0 unspecified atom stereocenters. The third kappa shape index (κ3) is 3.68. The molecular formula is C13H16FN5O2. The monoisotopic (exact) mass is 293 g/mol. The molecule has 2 aromatic rings. The lowest BCUT2D eigenvalue weighted by Gasteiger charge is -2.10. The van der Waals surface area contributed by atoms with Crippen LogP contribution in [0, 0.1) is 5.82 Å². The molecule has 1 aromatic heterocycles. The van der Waals surface area contributed by atoms with E-state index in [2.05, 4.69) is 25.6 Å². The van der Waals surface area contributed by atoms with Crippen molar-refractivity contribution in [3.05, 3.63) is 24.0 Å². The summed E-state index contributed by atoms with van der Waals surface area (Å²) in [7, 11) is 3.17. The largest absolute Gasteiger partial charge is 0.497 e. The second-order valence-electron chi connectivity index (χ2n) is 3.92. The molecule has 0 atom stereocenters. The van der Waals surface area contributed by atoms with Crippen LogP contribution in [-0.4, -0.2) is 35.7 Å². The van der Waals surface area contributed by atoms with Gasteiger partial charge in [0.2, 0.25) is 11.9 Å². The molecule has 0 radical (unpaired) electrons. The predicted octanol–water partition coefficient (Wildman–Crippen LogP) is 2.20. The maximum absolute atomic E-state index is 13.8. The highest BCUT2D eigenvalue weighted by molar-refractivity contribution is 5.57. The van der Waals surface area contributed by atoms with Crippen LogP contribution in [0.3, 0.4) is 0 Å². The Kier molecular flexibility index (Phi) is 4.70. The highest BCUT2D eigenvalue weighted by Crippen LogP contribution is 2.24. The summed E-state index contributed by atoms with van der Waals surface area (Å²) in [4.78, 5) is 12.2. The maximum Gasteiger partial charge on any atom is 0.323 e. The molecule has 8 heteroatoms. The molecule has 0 fully saturated rings. The van der Waals surface area contributed by atoms with Gasteiger partial charge in [-0.05, 0) is 19.1 Å². The molecule has 0 bridgehead atoms. The number of benzene rings is 1. The van der Waals surface area contributed by atoms with E-state index in [1.807, 2.05) is 6.92 Å². The summed E-state index contributed by atoms with van der Waals surface area (Å²) in [6, 6.07) is 4.49. The number of nitrogens with zero attached hydrogens (tertiary/aromatic N) is 3. The molecule has 0 spiro atoms. The highest BCUT2D eigenvalue weighted by Gasteiger charge is 2.10. The summed E-state index contributed by atoms with van der Waals surface area (Å²) in [6.07, 6.45) is 0. The number of methoxy groups -OCH3 is 1. The van der Waals surface area contributed by atoms with E-state index in [9.17, 15) is 4.39 Å². The van der Waals surface area contributed by atoms with Crippen molar-refractivity contribution < 1.29 is 13.9 Å². The highest BCUT2D eigenvalue weighted by atomic mass is 19.1. The van der Waals surface area contributed by atoms with Gasteiger partial charge in [-0.15, -0.1) is 0 Å². The number of anilines is 3. The smallest absolute Gasteiger partial charge is 0.323 e. The fourth-order valence-electron chi connectivity index (χ4n) is 1.57. The molecule has 0 aliphatic rings. The Balaban J connectivity index is 2.32. The quantitative estimate of drug-likeness (QED) is 0.845. The fourth-order valence-corrected chi connectivity index (χ4v) is 1.57. The SMILES string of the molecule is CCOc1nc(NC)nc(Nc2cc(OC)ccc2F)n1. The molecule has 2 N–H and O–H groups in total. The first-order valence-corrected chi connectivity index (χ1v) is 6.33. The molecule has 0 saturated carbocycles. The number of hydrogen-bond donors (Lipinski definition) is 2. The molecular weight excluding hydrogens is 277 g/mol. The van der Waals surface area contributed by atoms with Crippen LogP contribution < -0.4 is 20.1 Å². The van der Waals surface area contributed by atoms with Crippen LogP contribution in [0.2, 0.25) is 0 Å². The molecule has 7 nitrogen and oxygen atoms in total. The lowest BCUT2D eigenvalue weighted by molar-refractivity contribution is 0.312. The summed E-state index contributed by atoms with van der Waals surface area (Å²) in [6.45, 7) is 2.23. The Hall–Kier alpha value is -2.64. The maximum atomic E-state index is 13.8. The zero-order valence-corrected chi connectivity index (χ0v) is 12.0. The number of halogens is 1. The van der Waals surface area contributed by atoms with Crippen LogP contribution in [0.15, 0.2) is 18.2 Å². The van der Waals surface area contributed by atoms with Gasteiger partial charge in [-0.2, -0.15) is 15.0 Å². The minimum atomic E-state index is -0.444. The van der Waals surface area contributed by atoms with Gasteiger partial charge in [0, 0.05) is 13.1 Å². The third-order valence-corrected chi connectivity index (χ3v) is 2.53. The van der Waals surface area contributed by atoms with Crippen molar-refractivity contribution >= 4 is 17.6 Å². The lowest BCUT2D eigenvalue weighted by atomic mass is 10.3. The van der Waals surface area contributed by atoms with Crippen molar-refractivity contribution in [2.45, 2.75) is 6.92 Å². The zero-order chi connectivity index (χ0) is 15.2. The van der Waals surface area contributed by atoms with E-state index in [0.29, 0.717) is 18.3 Å². The second kappa shape index (κ2) is 6.69. The van der Waals surface area contributed by atoms with E-state index in [0.717, 1.165) is 0 Å². The number of rotatable bonds is 6. The first kappa shape index (κ1) is 14.8. The van der Waals surface area contributed by atoms with Crippen molar-refractivity contribution in [2.24, 2.45) is 0 Å². The van der Waals surface area contributed by atoms with Crippen LogP contribution in [0.4, 0.5) is 22.0 Å². The molecule has 112 valence electrons. The molecule has 0 amide bonds. The number of nitrogens with one attached hydrogen (secondary N) is 2. The van der Waals surface area contributed by atoms with Crippen LogP contribution in [-0.2, 0) is 0 Å². The summed E-state index contributed by atoms with van der Waals surface area (Å²) < 4.78 is 24.1. The average molecular weight is 293 g/mol. The van der Waals surface area contributed by atoms with Crippen LogP contribution in [0.25, 0.3) is 0 Å². The summed E-state index contributed by atoms with van der Waals surface area (Å²) >= 11 is 0. The van der Waals surface area contributed by atoms with Gasteiger partial charge < -0.3 is 20.1 Å². The third-order valence-electron chi connectivity index (χ3n) is 2.53. The van der Waals surface area contributed by atoms with E-state index in [4.69, 9.17) is 9.47 Å². The fraction of sp³-hybridized carbons (Fsp3) is 0.308. The number of aromatic nitrogens is 3. The summed E-state index contributed by atoms with van der Waals surface area (Å²) in [5.74, 6) is 0.566. The van der Waals surface area contributed by atoms with E-state index in [1.54, 1.807) is 7.05 Å². The molecule has 0 saturated heterocycles. The van der Waals surface area contributed by atoms with Crippen LogP contribution >= 0.6 is 0 Å². The lowest BCUT2D eigenvalue weighted by Crippen LogP contribution is -2.07. The molecule has 2 rings (SSSR count). The Morgan fingerprint density at radius 1 is 1.19 bits per heavy atom. The average Bonchev–Trinajstić information content (AvgIpc) is 2.49. The van der Waals surface area contributed by atoms with Gasteiger partial charge >= 0.3 is 6.01 Å². The summed E-state index contributed by atoms with van der Waals surface area (Å²) in [5.41, 5.74) is 0.199. The first-order valence-electron chi connectivity index (χ1n) is 6.33. The molecule has 1 heterocycles. The van der Waals surface area contributed by atoms with Gasteiger partial charge in [0.05, 0.1) is 19.4 Å². The Morgan fingerprint density at radius 2 is 1.95 bits per heavy atom. The van der Waals surface area contributed by atoms with Crippen molar-refractivity contribution in [1.82, 2.24) is 15.0 Å². The van der Waals surface area contributed by atoms with E-state index >= 15 is 0 Å². The Bertz CT molecular complexity index is 624. The van der Waals surface area contributed by atoms with Crippen LogP contribution in [0.1, 0.15) is 6.92 Å². The van der Waals surface area contributed by atoms with Gasteiger partial charge in [-0.1, -0.05) is 0 Å². The standard InChI is InChI=1S/C13H16FN5O2/c1-4-21-13-18-11(15-2)17-12(19-13)16-10-7-8(20-3)5-6-9(10)14/h5-7H,4H2,1-3H3,(H2,15,16,17,18,19). The van der Waals surface area contributed by atoms with E-state index < -0.39 is 5.82 Å². The van der Waals surface area contributed by atoms with Gasteiger partial charge in [0.1, 0.15) is 11.6 Å². The van der Waals surface area contributed by atoms with Gasteiger partial charge in [0.25, 0.3) is 0 Å². The Labute approximate surface area is 121 Å². The van der Waals surface area contributed by atoms with Crippen molar-refractivity contribution in [3.63, 3.8) is 0 Å². The topological polar surface area (TPSA) is 81.2 Å². The Morgan fingerprint density at radius 3 is 2.62 bits per heavy atom. The van der Waals surface area contributed by atoms with Crippen LogP contribution in [0.5, 0.6) is 11.8 Å². The second-order valence-corrected chi connectivity index (χ2v) is 3.92. The van der Waals surface area contributed by atoms with Crippen molar-refractivity contribution in [2.75, 3.05) is 31.4 Å². The number of ether oxygens (including phenoxy) is 2. The number of hydrogen-bond acceptors (Lipinski definition) is 7. The molecule has 0 aliphatic carbocycles. The first-order chi connectivity index (χ1) is 10.2. The van der Waals surface area contributed by atoms with E-state index in [1.165, 1.54) is 25.3 Å². The van der Waals surface area contributed by atoms with Crippen molar-refractivity contribution in [1.29, 1.82) is 0 Å². The van der Waals surface area contributed by atoms with Crippen molar-refractivity contribution in [3.8, 4) is 11.8 Å². The predicted molar refractivity (Wildman–Crippen MR) is 76.8 cm³/mol. The van der Waals surface area contributed by atoms with Gasteiger partial charge in [-0.3, -0.25) is 0 Å². The zero-order valence-electron chi connectivity index (χ0n) is 12.0. The molecule has 21 heavy (non-hydrogen) atoms.